The molecule has 12 nitrogen and oxygen atoms in total. The first-order valence-corrected chi connectivity index (χ1v) is 14.8. The van der Waals surface area contributed by atoms with Crippen LogP contribution in [0, 0.1) is 19.8 Å². The number of aryl methyl sites for hydroxylation is 2. The maximum Gasteiger partial charge on any atom is 0.258 e. The number of carbonyl (C=O) groups excluding carboxylic acids is 3. The summed E-state index contributed by atoms with van der Waals surface area (Å²) in [6, 6.07) is 11.6. The van der Waals surface area contributed by atoms with Gasteiger partial charge in [0.05, 0.1) is 25.6 Å². The number of nitrogens with one attached hydrogen (secondary N) is 3. The second-order valence-corrected chi connectivity index (χ2v) is 11.6. The standard InChI is InChI=1S/C32H35N5O7/c1-18-26(32(41)35-19(2)34-18)12-30(39)37-14-27-28(15-37)44-23-7-5-20(6-8-23)13-33-29(38)17-43-25-10-22(31(40)36-27)9-24(11-25)42-16-21-3-4-21/h5-11,21,27-28H,3-4,12-17H2,1-2H3,(H,33,38)(H,36,40)(H,34,35,41)/t27-,28-/m0/s1. The second kappa shape index (κ2) is 12.4. The van der Waals surface area contributed by atoms with Crippen molar-refractivity contribution in [1.82, 2.24) is 25.5 Å². The lowest BCUT2D eigenvalue weighted by molar-refractivity contribution is -0.129. The first-order chi connectivity index (χ1) is 21.2. The van der Waals surface area contributed by atoms with Gasteiger partial charge in [0.2, 0.25) is 5.91 Å². The lowest BCUT2D eigenvalue weighted by atomic mass is 10.1. The summed E-state index contributed by atoms with van der Waals surface area (Å²) in [5.74, 6) is 1.36. The summed E-state index contributed by atoms with van der Waals surface area (Å²) < 4.78 is 18.0. The van der Waals surface area contributed by atoms with Gasteiger partial charge in [-0.2, -0.15) is 0 Å². The van der Waals surface area contributed by atoms with Gasteiger partial charge in [-0.05, 0) is 62.4 Å². The number of benzene rings is 2. The number of aromatic nitrogens is 2. The lowest BCUT2D eigenvalue weighted by Gasteiger charge is -2.21. The van der Waals surface area contributed by atoms with Crippen LogP contribution in [0.3, 0.4) is 0 Å². The van der Waals surface area contributed by atoms with Gasteiger partial charge in [0.1, 0.15) is 29.2 Å². The predicted octanol–water partition coefficient (Wildman–Crippen LogP) is 1.82. The van der Waals surface area contributed by atoms with E-state index in [9.17, 15) is 19.2 Å². The Labute approximate surface area is 254 Å². The molecule has 4 heterocycles. The van der Waals surface area contributed by atoms with Gasteiger partial charge in [0.25, 0.3) is 17.4 Å². The summed E-state index contributed by atoms with van der Waals surface area (Å²) >= 11 is 0. The van der Waals surface area contributed by atoms with Gasteiger partial charge in [-0.25, -0.2) is 4.98 Å². The Kier molecular flexibility index (Phi) is 8.23. The van der Waals surface area contributed by atoms with Gasteiger partial charge in [-0.3, -0.25) is 19.2 Å². The van der Waals surface area contributed by atoms with E-state index < -0.39 is 18.1 Å². The number of aromatic amines is 1. The van der Waals surface area contributed by atoms with Gasteiger partial charge in [0.15, 0.2) is 6.61 Å². The van der Waals surface area contributed by atoms with Gasteiger partial charge in [-0.1, -0.05) is 12.1 Å². The summed E-state index contributed by atoms with van der Waals surface area (Å²) in [5.41, 5.74) is 1.63. The number of fused-ring (bicyclic) bond motifs is 7. The van der Waals surface area contributed by atoms with Crippen LogP contribution in [0.4, 0.5) is 0 Å². The fourth-order valence-electron chi connectivity index (χ4n) is 5.34. The molecule has 2 atom stereocenters. The van der Waals surface area contributed by atoms with E-state index in [4.69, 9.17) is 14.2 Å². The summed E-state index contributed by atoms with van der Waals surface area (Å²) in [5, 5.41) is 5.87. The highest BCUT2D eigenvalue weighted by Crippen LogP contribution is 2.31. The first-order valence-electron chi connectivity index (χ1n) is 14.8. The van der Waals surface area contributed by atoms with E-state index in [-0.39, 0.29) is 43.5 Å². The maximum absolute atomic E-state index is 13.6. The Hall–Kier alpha value is -4.87. The SMILES string of the molecule is Cc1nc(C)c(CC(=O)N2C[C@@H]3NC(=O)c4cc(cc(OCC5CC5)c4)OCC(=O)NCc4ccc(cc4)O[C@H]3C2)c(=O)[nH]1. The zero-order chi connectivity index (χ0) is 30.8. The van der Waals surface area contributed by atoms with Gasteiger partial charge in [-0.15, -0.1) is 0 Å². The molecule has 1 saturated carbocycles. The fourth-order valence-corrected chi connectivity index (χ4v) is 5.34. The second-order valence-electron chi connectivity index (χ2n) is 11.6. The number of carbonyl (C=O) groups is 3. The third kappa shape index (κ3) is 7.01. The van der Waals surface area contributed by atoms with Crippen LogP contribution in [-0.4, -0.2) is 71.0 Å². The largest absolute Gasteiger partial charge is 0.493 e. The molecule has 1 aliphatic carbocycles. The molecular weight excluding hydrogens is 566 g/mol. The average molecular weight is 602 g/mol. The zero-order valence-electron chi connectivity index (χ0n) is 24.7. The van der Waals surface area contributed by atoms with Gasteiger partial charge in [0, 0.05) is 36.0 Å². The number of ether oxygens (including phenoxy) is 3. The molecule has 2 aromatic carbocycles. The number of H-pyrrole nitrogens is 1. The van der Waals surface area contributed by atoms with Crippen LogP contribution in [0.25, 0.3) is 0 Å². The van der Waals surface area contributed by atoms with Crippen LogP contribution < -0.4 is 30.4 Å². The third-order valence-electron chi connectivity index (χ3n) is 8.00. The molecule has 0 radical (unpaired) electrons. The van der Waals surface area contributed by atoms with E-state index in [1.54, 1.807) is 49.1 Å². The number of likely N-dealkylation sites (tertiary alicyclic amines) is 1. The lowest BCUT2D eigenvalue weighted by Crippen LogP contribution is -2.45. The van der Waals surface area contributed by atoms with E-state index in [1.807, 2.05) is 12.1 Å². The maximum atomic E-state index is 13.6. The van der Waals surface area contributed by atoms with Crippen LogP contribution in [0.5, 0.6) is 17.2 Å². The average Bonchev–Trinajstić information content (AvgIpc) is 3.75. The minimum absolute atomic E-state index is 0.122. The minimum Gasteiger partial charge on any atom is -0.493 e. The van der Waals surface area contributed by atoms with Crippen molar-refractivity contribution < 1.29 is 28.6 Å². The minimum atomic E-state index is -0.565. The molecule has 3 N–H and O–H groups in total. The van der Waals surface area contributed by atoms with Gasteiger partial charge < -0.3 is 34.7 Å². The number of amides is 3. The van der Waals surface area contributed by atoms with Crippen molar-refractivity contribution in [3.8, 4) is 17.2 Å². The topological polar surface area (TPSA) is 152 Å². The summed E-state index contributed by atoms with van der Waals surface area (Å²) in [4.78, 5) is 60.6. The quantitative estimate of drug-likeness (QED) is 0.401. The molecule has 4 aliphatic rings. The molecule has 1 saturated heterocycles. The van der Waals surface area contributed by atoms with E-state index in [2.05, 4.69) is 20.6 Å². The molecule has 0 spiro atoms. The molecule has 0 unspecified atom stereocenters. The summed E-state index contributed by atoms with van der Waals surface area (Å²) in [6.45, 7) is 4.40. The number of rotatable bonds is 5. The molecule has 230 valence electrons. The highest BCUT2D eigenvalue weighted by atomic mass is 16.5. The number of nitrogens with zero attached hydrogens (tertiary/aromatic N) is 2. The third-order valence-corrected chi connectivity index (χ3v) is 8.00. The Balaban J connectivity index is 1.27. The van der Waals surface area contributed by atoms with Crippen molar-refractivity contribution in [2.45, 2.75) is 51.8 Å². The van der Waals surface area contributed by atoms with Crippen molar-refractivity contribution in [2.75, 3.05) is 26.3 Å². The normalized spacial score (nSPS) is 20.1. The summed E-state index contributed by atoms with van der Waals surface area (Å²) in [6.07, 6.45) is 1.53. The van der Waals surface area contributed by atoms with Crippen molar-refractivity contribution in [3.05, 3.63) is 81.0 Å². The predicted molar refractivity (Wildman–Crippen MR) is 159 cm³/mol. The number of hydrogen-bond acceptors (Lipinski definition) is 8. The molecule has 7 rings (SSSR count). The molecule has 3 aromatic rings. The Morgan fingerprint density at radius 1 is 1.05 bits per heavy atom. The van der Waals surface area contributed by atoms with Crippen LogP contribution >= 0.6 is 0 Å². The molecule has 1 aromatic heterocycles. The van der Waals surface area contributed by atoms with E-state index in [0.717, 1.165) is 18.4 Å². The van der Waals surface area contributed by atoms with Crippen molar-refractivity contribution in [1.29, 1.82) is 0 Å². The first kappa shape index (κ1) is 29.2. The summed E-state index contributed by atoms with van der Waals surface area (Å²) in [7, 11) is 0. The Morgan fingerprint density at radius 2 is 1.84 bits per heavy atom. The highest BCUT2D eigenvalue weighted by molar-refractivity contribution is 5.95. The molecule has 44 heavy (non-hydrogen) atoms. The molecule has 4 bridgehead atoms. The van der Waals surface area contributed by atoms with Crippen LogP contribution in [0.15, 0.2) is 47.3 Å². The molecule has 3 amide bonds. The number of hydrogen-bond donors (Lipinski definition) is 3. The smallest absolute Gasteiger partial charge is 0.258 e. The Morgan fingerprint density at radius 3 is 2.59 bits per heavy atom. The van der Waals surface area contributed by atoms with Crippen molar-refractivity contribution >= 4 is 17.7 Å². The van der Waals surface area contributed by atoms with E-state index in [0.29, 0.717) is 59.0 Å². The van der Waals surface area contributed by atoms with Crippen molar-refractivity contribution in [2.24, 2.45) is 5.92 Å². The highest BCUT2D eigenvalue weighted by Gasteiger charge is 2.38. The van der Waals surface area contributed by atoms with Crippen LogP contribution in [-0.2, 0) is 22.6 Å². The van der Waals surface area contributed by atoms with E-state index in [1.165, 1.54) is 0 Å². The Bertz CT molecular complexity index is 1630. The molecule has 3 aliphatic heterocycles. The van der Waals surface area contributed by atoms with E-state index >= 15 is 0 Å². The van der Waals surface area contributed by atoms with Crippen molar-refractivity contribution in [3.63, 3.8) is 0 Å². The molecule has 2 fully saturated rings. The van der Waals surface area contributed by atoms with Crippen LogP contribution in [0.2, 0.25) is 0 Å². The fraction of sp³-hybridized carbons (Fsp3) is 0.406. The monoisotopic (exact) mass is 601 g/mol. The zero-order valence-corrected chi connectivity index (χ0v) is 24.7. The van der Waals surface area contributed by atoms with Gasteiger partial charge >= 0.3 is 0 Å². The molecular formula is C32H35N5O7. The molecule has 12 heteroatoms. The van der Waals surface area contributed by atoms with Crippen LogP contribution in [0.1, 0.15) is 45.8 Å².